The third-order valence-corrected chi connectivity index (χ3v) is 4.89. The lowest BCUT2D eigenvalue weighted by Crippen LogP contribution is -2.41. The number of amides is 1. The van der Waals surface area contributed by atoms with E-state index in [1.807, 2.05) is 12.1 Å². The highest BCUT2D eigenvalue weighted by molar-refractivity contribution is 9.09. The first-order valence-electron chi connectivity index (χ1n) is 7.60. The number of carbonyl (C=O) groups excluding carboxylic acids is 1. The van der Waals surface area contributed by atoms with Crippen LogP contribution in [-0.4, -0.2) is 28.7 Å². The average Bonchev–Trinajstić information content (AvgIpc) is 2.71. The van der Waals surface area contributed by atoms with Crippen molar-refractivity contribution in [2.45, 2.75) is 51.5 Å². The Morgan fingerprint density at radius 2 is 1.95 bits per heavy atom. The molecule has 1 heterocycles. The molecule has 110 valence electrons. The quantitative estimate of drug-likeness (QED) is 0.738. The molecule has 1 amide bonds. The SMILES string of the molecule is CC(C)c1ccc(C(=O)N2CCCCCC2CBr)cc1. The Kier molecular flexibility index (Phi) is 5.64. The van der Waals surface area contributed by atoms with E-state index in [1.54, 1.807) is 0 Å². The van der Waals surface area contributed by atoms with Gasteiger partial charge >= 0.3 is 0 Å². The topological polar surface area (TPSA) is 20.3 Å². The van der Waals surface area contributed by atoms with Crippen molar-refractivity contribution < 1.29 is 4.79 Å². The Bertz CT molecular complexity index is 441. The van der Waals surface area contributed by atoms with Gasteiger partial charge in [0.2, 0.25) is 0 Å². The van der Waals surface area contributed by atoms with Crippen LogP contribution in [0.5, 0.6) is 0 Å². The standard InChI is InChI=1S/C17H24BrNO/c1-13(2)14-7-9-15(10-8-14)17(20)19-11-5-3-4-6-16(19)12-18/h7-10,13,16H,3-6,11-12H2,1-2H3. The van der Waals surface area contributed by atoms with Crippen LogP contribution in [0.2, 0.25) is 0 Å². The highest BCUT2D eigenvalue weighted by Crippen LogP contribution is 2.22. The number of nitrogens with zero attached hydrogens (tertiary/aromatic N) is 1. The number of halogens is 1. The van der Waals surface area contributed by atoms with E-state index in [9.17, 15) is 4.79 Å². The summed E-state index contributed by atoms with van der Waals surface area (Å²) in [6.07, 6.45) is 4.70. The number of alkyl halides is 1. The van der Waals surface area contributed by atoms with Gasteiger partial charge in [-0.05, 0) is 36.5 Å². The summed E-state index contributed by atoms with van der Waals surface area (Å²) in [4.78, 5) is 14.8. The summed E-state index contributed by atoms with van der Waals surface area (Å²) in [5.41, 5.74) is 2.11. The molecule has 1 aliphatic rings. The van der Waals surface area contributed by atoms with Gasteiger partial charge in [-0.1, -0.05) is 54.8 Å². The van der Waals surface area contributed by atoms with Gasteiger partial charge in [0.05, 0.1) is 0 Å². The first kappa shape index (κ1) is 15.6. The predicted octanol–water partition coefficient (Wildman–Crippen LogP) is 4.59. The molecule has 3 heteroatoms. The smallest absolute Gasteiger partial charge is 0.254 e. The molecule has 0 saturated carbocycles. The minimum Gasteiger partial charge on any atom is -0.335 e. The molecule has 0 spiro atoms. The van der Waals surface area contributed by atoms with Crippen molar-refractivity contribution in [1.82, 2.24) is 4.90 Å². The van der Waals surface area contributed by atoms with Crippen LogP contribution in [0.15, 0.2) is 24.3 Å². The molecule has 1 atom stereocenters. The van der Waals surface area contributed by atoms with Gasteiger partial charge in [0.15, 0.2) is 0 Å². The number of hydrogen-bond donors (Lipinski definition) is 0. The van der Waals surface area contributed by atoms with Crippen LogP contribution in [0.4, 0.5) is 0 Å². The van der Waals surface area contributed by atoms with Crippen molar-refractivity contribution in [3.63, 3.8) is 0 Å². The molecule has 1 unspecified atom stereocenters. The second kappa shape index (κ2) is 7.26. The van der Waals surface area contributed by atoms with Crippen molar-refractivity contribution in [3.05, 3.63) is 35.4 Å². The van der Waals surface area contributed by atoms with Gasteiger partial charge in [-0.25, -0.2) is 0 Å². The van der Waals surface area contributed by atoms with E-state index in [-0.39, 0.29) is 5.91 Å². The van der Waals surface area contributed by atoms with Crippen LogP contribution in [0, 0.1) is 0 Å². The summed E-state index contributed by atoms with van der Waals surface area (Å²) >= 11 is 3.56. The number of carbonyl (C=O) groups is 1. The monoisotopic (exact) mass is 337 g/mol. The van der Waals surface area contributed by atoms with Gasteiger partial charge < -0.3 is 4.90 Å². The fraction of sp³-hybridized carbons (Fsp3) is 0.588. The van der Waals surface area contributed by atoms with Crippen LogP contribution in [0.25, 0.3) is 0 Å². The van der Waals surface area contributed by atoms with Gasteiger partial charge in [-0.3, -0.25) is 4.79 Å². The summed E-state index contributed by atoms with van der Waals surface area (Å²) in [6, 6.07) is 8.47. The zero-order valence-electron chi connectivity index (χ0n) is 12.4. The van der Waals surface area contributed by atoms with Crippen LogP contribution in [-0.2, 0) is 0 Å². The lowest BCUT2D eigenvalue weighted by Gasteiger charge is -2.29. The van der Waals surface area contributed by atoms with Crippen LogP contribution in [0.1, 0.15) is 61.4 Å². The molecule has 2 nitrogen and oxygen atoms in total. The Balaban J connectivity index is 2.15. The third kappa shape index (κ3) is 3.63. The summed E-state index contributed by atoms with van der Waals surface area (Å²) in [6.45, 7) is 5.24. The second-order valence-corrected chi connectivity index (χ2v) is 6.58. The van der Waals surface area contributed by atoms with Crippen molar-refractivity contribution in [2.24, 2.45) is 0 Å². The van der Waals surface area contributed by atoms with Crippen molar-refractivity contribution >= 4 is 21.8 Å². The molecule has 2 rings (SSSR count). The summed E-state index contributed by atoms with van der Waals surface area (Å²) in [5.74, 6) is 0.694. The van der Waals surface area contributed by atoms with Crippen molar-refractivity contribution in [2.75, 3.05) is 11.9 Å². The fourth-order valence-electron chi connectivity index (χ4n) is 2.78. The molecule has 0 N–H and O–H groups in total. The molecule has 1 aromatic carbocycles. The van der Waals surface area contributed by atoms with E-state index in [2.05, 4.69) is 46.8 Å². The lowest BCUT2D eigenvalue weighted by molar-refractivity contribution is 0.0702. The first-order chi connectivity index (χ1) is 9.63. The first-order valence-corrected chi connectivity index (χ1v) is 8.72. The molecule has 1 saturated heterocycles. The maximum Gasteiger partial charge on any atom is 0.254 e. The number of benzene rings is 1. The van der Waals surface area contributed by atoms with Crippen LogP contribution < -0.4 is 0 Å². The van der Waals surface area contributed by atoms with E-state index in [4.69, 9.17) is 0 Å². The molecule has 0 aliphatic carbocycles. The Morgan fingerprint density at radius 3 is 2.55 bits per heavy atom. The fourth-order valence-corrected chi connectivity index (χ4v) is 3.45. The second-order valence-electron chi connectivity index (χ2n) is 5.93. The minimum atomic E-state index is 0.187. The molecule has 20 heavy (non-hydrogen) atoms. The number of hydrogen-bond acceptors (Lipinski definition) is 1. The van der Waals surface area contributed by atoms with Crippen LogP contribution >= 0.6 is 15.9 Å². The molecule has 0 bridgehead atoms. The van der Waals surface area contributed by atoms with Gasteiger partial charge in [0, 0.05) is 23.5 Å². The molecule has 1 aromatic rings. The van der Waals surface area contributed by atoms with E-state index in [0.29, 0.717) is 12.0 Å². The van der Waals surface area contributed by atoms with E-state index < -0.39 is 0 Å². The maximum atomic E-state index is 12.7. The molecule has 1 fully saturated rings. The van der Waals surface area contributed by atoms with E-state index in [1.165, 1.54) is 18.4 Å². The zero-order valence-corrected chi connectivity index (χ0v) is 14.0. The predicted molar refractivity (Wildman–Crippen MR) is 87.6 cm³/mol. The van der Waals surface area contributed by atoms with E-state index >= 15 is 0 Å². The maximum absolute atomic E-state index is 12.7. The Labute approximate surface area is 130 Å². The molecule has 1 aliphatic heterocycles. The zero-order chi connectivity index (χ0) is 14.5. The van der Waals surface area contributed by atoms with Gasteiger partial charge in [0.1, 0.15) is 0 Å². The summed E-state index contributed by atoms with van der Waals surface area (Å²) < 4.78 is 0. The van der Waals surface area contributed by atoms with Crippen molar-refractivity contribution in [3.8, 4) is 0 Å². The van der Waals surface area contributed by atoms with Gasteiger partial charge in [0.25, 0.3) is 5.91 Å². The van der Waals surface area contributed by atoms with Gasteiger partial charge in [-0.15, -0.1) is 0 Å². The van der Waals surface area contributed by atoms with Crippen molar-refractivity contribution in [1.29, 1.82) is 0 Å². The largest absolute Gasteiger partial charge is 0.335 e. The third-order valence-electron chi connectivity index (χ3n) is 4.14. The highest BCUT2D eigenvalue weighted by atomic mass is 79.9. The highest BCUT2D eigenvalue weighted by Gasteiger charge is 2.25. The van der Waals surface area contributed by atoms with Crippen LogP contribution in [0.3, 0.4) is 0 Å². The Morgan fingerprint density at radius 1 is 1.25 bits per heavy atom. The minimum absolute atomic E-state index is 0.187. The van der Waals surface area contributed by atoms with E-state index in [0.717, 1.165) is 30.3 Å². The number of likely N-dealkylation sites (tertiary alicyclic amines) is 1. The molecule has 0 radical (unpaired) electrons. The van der Waals surface area contributed by atoms with Gasteiger partial charge in [-0.2, -0.15) is 0 Å². The summed E-state index contributed by atoms with van der Waals surface area (Å²) in [7, 11) is 0. The average molecular weight is 338 g/mol. The molecular weight excluding hydrogens is 314 g/mol. The summed E-state index contributed by atoms with van der Waals surface area (Å²) in [5, 5.41) is 0.878. The molecular formula is C17H24BrNO. The Hall–Kier alpha value is -0.830. The molecule has 0 aromatic heterocycles. The normalized spacial score (nSPS) is 20.0. The number of rotatable bonds is 3. The lowest BCUT2D eigenvalue weighted by atomic mass is 10.0.